The van der Waals surface area contributed by atoms with E-state index in [1.807, 2.05) is 37.3 Å². The van der Waals surface area contributed by atoms with E-state index in [4.69, 9.17) is 15.4 Å². The van der Waals surface area contributed by atoms with Gasteiger partial charge in [-0.3, -0.25) is 0 Å². The quantitative estimate of drug-likeness (QED) is 0.749. The lowest BCUT2D eigenvalue weighted by Gasteiger charge is -2.02. The SMILES string of the molecule is CCOc1ccc(/C=C/CCS(=O)(=O)Cl)cc1. The zero-order valence-electron chi connectivity index (χ0n) is 9.60. The molecular formula is C12H15ClO3S. The second-order valence-electron chi connectivity index (χ2n) is 3.44. The van der Waals surface area contributed by atoms with Crippen molar-refractivity contribution in [2.75, 3.05) is 12.4 Å². The number of ether oxygens (including phenoxy) is 1. The molecule has 0 aliphatic carbocycles. The molecule has 0 saturated heterocycles. The van der Waals surface area contributed by atoms with Gasteiger partial charge in [0.1, 0.15) is 5.75 Å². The standard InChI is InChI=1S/C12H15ClO3S/c1-2-16-12-8-6-11(7-9-12)5-3-4-10-17(13,14)15/h3,5-9H,2,4,10H2,1H3/b5-3+. The van der Waals surface area contributed by atoms with E-state index < -0.39 is 9.05 Å². The van der Waals surface area contributed by atoms with Gasteiger partial charge in [-0.05, 0) is 31.0 Å². The van der Waals surface area contributed by atoms with Crippen LogP contribution in [0.2, 0.25) is 0 Å². The lowest BCUT2D eigenvalue weighted by atomic mass is 10.2. The van der Waals surface area contributed by atoms with E-state index in [9.17, 15) is 8.42 Å². The molecule has 0 atom stereocenters. The Morgan fingerprint density at radius 1 is 1.29 bits per heavy atom. The number of rotatable bonds is 6. The predicted molar refractivity (Wildman–Crippen MR) is 70.9 cm³/mol. The maximum absolute atomic E-state index is 10.7. The van der Waals surface area contributed by atoms with Crippen molar-refractivity contribution in [1.29, 1.82) is 0 Å². The average molecular weight is 275 g/mol. The second-order valence-corrected chi connectivity index (χ2v) is 6.33. The third-order valence-electron chi connectivity index (χ3n) is 2.03. The maximum atomic E-state index is 10.7. The molecule has 17 heavy (non-hydrogen) atoms. The molecule has 0 bridgehead atoms. The van der Waals surface area contributed by atoms with Crippen LogP contribution in [0.5, 0.6) is 5.75 Å². The van der Waals surface area contributed by atoms with Gasteiger partial charge in [-0.2, -0.15) is 0 Å². The van der Waals surface area contributed by atoms with Crippen molar-refractivity contribution in [3.05, 3.63) is 35.9 Å². The summed E-state index contributed by atoms with van der Waals surface area (Å²) in [5.74, 6) is 0.787. The lowest BCUT2D eigenvalue weighted by Crippen LogP contribution is -1.94. The summed E-state index contributed by atoms with van der Waals surface area (Å²) in [6.45, 7) is 2.57. The van der Waals surface area contributed by atoms with Crippen molar-refractivity contribution in [3.63, 3.8) is 0 Å². The third kappa shape index (κ3) is 6.34. The molecule has 0 heterocycles. The van der Waals surface area contributed by atoms with Crippen LogP contribution in [0.4, 0.5) is 0 Å². The molecular weight excluding hydrogens is 260 g/mol. The van der Waals surface area contributed by atoms with Crippen LogP contribution in [-0.4, -0.2) is 20.8 Å². The Labute approximate surface area is 106 Å². The molecule has 1 rings (SSSR count). The smallest absolute Gasteiger partial charge is 0.232 e. The summed E-state index contributed by atoms with van der Waals surface area (Å²) in [5, 5.41) is 0. The van der Waals surface area contributed by atoms with Crippen LogP contribution >= 0.6 is 10.7 Å². The molecule has 0 aliphatic rings. The van der Waals surface area contributed by atoms with Crippen LogP contribution in [0, 0.1) is 0 Å². The highest BCUT2D eigenvalue weighted by molar-refractivity contribution is 8.13. The Bertz CT molecular complexity index is 463. The first-order chi connectivity index (χ1) is 8.01. The van der Waals surface area contributed by atoms with Gasteiger partial charge in [-0.25, -0.2) is 8.42 Å². The summed E-state index contributed by atoms with van der Waals surface area (Å²) in [6, 6.07) is 7.58. The number of halogens is 1. The number of benzene rings is 1. The van der Waals surface area contributed by atoms with Gasteiger partial charge < -0.3 is 4.74 Å². The summed E-state index contributed by atoms with van der Waals surface area (Å²) in [4.78, 5) is 0. The van der Waals surface area contributed by atoms with Gasteiger partial charge in [0, 0.05) is 10.7 Å². The highest BCUT2D eigenvalue weighted by atomic mass is 35.7. The van der Waals surface area contributed by atoms with Crippen molar-refractivity contribution in [2.45, 2.75) is 13.3 Å². The van der Waals surface area contributed by atoms with Gasteiger partial charge in [-0.1, -0.05) is 24.3 Å². The summed E-state index contributed by atoms with van der Waals surface area (Å²) < 4.78 is 26.7. The second kappa shape index (κ2) is 6.67. The highest BCUT2D eigenvalue weighted by Crippen LogP contribution is 2.13. The molecule has 0 fully saturated rings. The first-order valence-electron chi connectivity index (χ1n) is 5.33. The molecule has 0 N–H and O–H groups in total. The molecule has 1 aromatic rings. The maximum Gasteiger partial charge on any atom is 0.232 e. The summed E-state index contributed by atoms with van der Waals surface area (Å²) >= 11 is 0. The van der Waals surface area contributed by atoms with Gasteiger partial charge in [-0.15, -0.1) is 0 Å². The van der Waals surface area contributed by atoms with E-state index in [1.165, 1.54) is 0 Å². The van der Waals surface area contributed by atoms with Crippen LogP contribution in [-0.2, 0) is 9.05 Å². The Balaban J connectivity index is 2.48. The van der Waals surface area contributed by atoms with Crippen LogP contribution in [0.3, 0.4) is 0 Å². The number of hydrogen-bond acceptors (Lipinski definition) is 3. The number of hydrogen-bond donors (Lipinski definition) is 0. The first-order valence-corrected chi connectivity index (χ1v) is 7.81. The molecule has 3 nitrogen and oxygen atoms in total. The van der Waals surface area contributed by atoms with E-state index in [0.29, 0.717) is 13.0 Å². The van der Waals surface area contributed by atoms with Crippen molar-refractivity contribution in [2.24, 2.45) is 0 Å². The fourth-order valence-electron chi connectivity index (χ4n) is 1.27. The van der Waals surface area contributed by atoms with Gasteiger partial charge in [0.15, 0.2) is 0 Å². The molecule has 0 aliphatic heterocycles. The van der Waals surface area contributed by atoms with Crippen molar-refractivity contribution < 1.29 is 13.2 Å². The van der Waals surface area contributed by atoms with Crippen molar-refractivity contribution >= 4 is 25.8 Å². The zero-order valence-corrected chi connectivity index (χ0v) is 11.2. The fourth-order valence-corrected chi connectivity index (χ4v) is 1.95. The van der Waals surface area contributed by atoms with E-state index in [-0.39, 0.29) is 5.75 Å². The predicted octanol–water partition coefficient (Wildman–Crippen LogP) is 3.06. The minimum atomic E-state index is -3.39. The topological polar surface area (TPSA) is 43.4 Å². The molecule has 0 unspecified atom stereocenters. The van der Waals surface area contributed by atoms with Gasteiger partial charge >= 0.3 is 0 Å². The summed E-state index contributed by atoms with van der Waals surface area (Å²) in [7, 11) is 1.70. The van der Waals surface area contributed by atoms with E-state index in [1.54, 1.807) is 6.08 Å². The van der Waals surface area contributed by atoms with Crippen LogP contribution in [0.25, 0.3) is 6.08 Å². The molecule has 1 aromatic carbocycles. The molecule has 0 radical (unpaired) electrons. The lowest BCUT2D eigenvalue weighted by molar-refractivity contribution is 0.340. The third-order valence-corrected chi connectivity index (χ3v) is 3.22. The Hall–Kier alpha value is -1.00. The molecule has 0 spiro atoms. The molecule has 0 saturated carbocycles. The first kappa shape index (κ1) is 14.1. The van der Waals surface area contributed by atoms with Crippen LogP contribution < -0.4 is 4.74 Å². The number of allylic oxidation sites excluding steroid dienone is 1. The van der Waals surface area contributed by atoms with Gasteiger partial charge in [0.25, 0.3) is 0 Å². The minimum absolute atomic E-state index is 0.0396. The molecule has 94 valence electrons. The zero-order chi connectivity index (χ0) is 12.7. The average Bonchev–Trinajstić information content (AvgIpc) is 2.26. The Kier molecular flexibility index (Phi) is 5.51. The van der Waals surface area contributed by atoms with Crippen molar-refractivity contribution in [1.82, 2.24) is 0 Å². The van der Waals surface area contributed by atoms with E-state index in [2.05, 4.69) is 0 Å². The van der Waals surface area contributed by atoms with Crippen LogP contribution in [0.1, 0.15) is 18.9 Å². The Morgan fingerprint density at radius 3 is 2.47 bits per heavy atom. The normalized spacial score (nSPS) is 11.9. The fraction of sp³-hybridized carbons (Fsp3) is 0.333. The molecule has 0 aromatic heterocycles. The van der Waals surface area contributed by atoms with Crippen LogP contribution in [0.15, 0.2) is 30.3 Å². The van der Waals surface area contributed by atoms with E-state index >= 15 is 0 Å². The molecule has 5 heteroatoms. The van der Waals surface area contributed by atoms with Gasteiger partial charge in [0.2, 0.25) is 9.05 Å². The van der Waals surface area contributed by atoms with Gasteiger partial charge in [0.05, 0.1) is 12.4 Å². The monoisotopic (exact) mass is 274 g/mol. The minimum Gasteiger partial charge on any atom is -0.494 e. The Morgan fingerprint density at radius 2 is 1.94 bits per heavy atom. The van der Waals surface area contributed by atoms with Crippen molar-refractivity contribution in [3.8, 4) is 5.75 Å². The summed E-state index contributed by atoms with van der Waals surface area (Å²) in [5.41, 5.74) is 1.00. The molecule has 0 amide bonds. The largest absolute Gasteiger partial charge is 0.494 e. The highest BCUT2D eigenvalue weighted by Gasteiger charge is 2.01. The van der Waals surface area contributed by atoms with E-state index in [0.717, 1.165) is 11.3 Å². The summed E-state index contributed by atoms with van der Waals surface area (Å²) in [6.07, 6.45) is 4.06.